The SMILES string of the molecule is O=C([O-])[C@H]1CCCC[C@H]1C(=O)Nc1cccc2ccccc12. The minimum Gasteiger partial charge on any atom is -0.550 e. The number of fused-ring (bicyclic) bond motifs is 1. The molecule has 22 heavy (non-hydrogen) atoms. The molecule has 2 aromatic carbocycles. The molecule has 1 fully saturated rings. The molecule has 2 aromatic rings. The summed E-state index contributed by atoms with van der Waals surface area (Å²) in [5.41, 5.74) is 0.728. The molecule has 4 nitrogen and oxygen atoms in total. The molecule has 4 heteroatoms. The fourth-order valence-corrected chi connectivity index (χ4v) is 3.29. The van der Waals surface area contributed by atoms with Crippen molar-refractivity contribution < 1.29 is 14.7 Å². The highest BCUT2D eigenvalue weighted by Gasteiger charge is 2.31. The number of aliphatic carboxylic acids is 1. The number of benzene rings is 2. The van der Waals surface area contributed by atoms with Gasteiger partial charge in [0.25, 0.3) is 0 Å². The van der Waals surface area contributed by atoms with E-state index < -0.39 is 17.8 Å². The van der Waals surface area contributed by atoms with Gasteiger partial charge in [-0.15, -0.1) is 0 Å². The molecule has 0 aliphatic heterocycles. The average molecular weight is 296 g/mol. The molecule has 0 radical (unpaired) electrons. The predicted octanol–water partition coefficient (Wildman–Crippen LogP) is 2.33. The summed E-state index contributed by atoms with van der Waals surface area (Å²) in [6.07, 6.45) is 2.86. The number of amides is 1. The normalized spacial score (nSPS) is 21.5. The van der Waals surface area contributed by atoms with Gasteiger partial charge in [-0.2, -0.15) is 0 Å². The smallest absolute Gasteiger partial charge is 0.228 e. The Morgan fingerprint density at radius 2 is 1.64 bits per heavy atom. The van der Waals surface area contributed by atoms with Gasteiger partial charge in [0.05, 0.1) is 0 Å². The fraction of sp³-hybridized carbons (Fsp3) is 0.333. The lowest BCUT2D eigenvalue weighted by atomic mass is 9.78. The van der Waals surface area contributed by atoms with E-state index in [0.717, 1.165) is 29.3 Å². The highest BCUT2D eigenvalue weighted by Crippen LogP contribution is 2.31. The van der Waals surface area contributed by atoms with E-state index in [1.54, 1.807) is 0 Å². The van der Waals surface area contributed by atoms with E-state index in [9.17, 15) is 14.7 Å². The maximum atomic E-state index is 12.5. The van der Waals surface area contributed by atoms with Crippen molar-refractivity contribution in [3.8, 4) is 0 Å². The van der Waals surface area contributed by atoms with Gasteiger partial charge in [-0.25, -0.2) is 0 Å². The van der Waals surface area contributed by atoms with E-state index >= 15 is 0 Å². The first-order valence-corrected chi connectivity index (χ1v) is 7.66. The monoisotopic (exact) mass is 296 g/mol. The maximum absolute atomic E-state index is 12.5. The molecule has 3 rings (SSSR count). The van der Waals surface area contributed by atoms with E-state index in [4.69, 9.17) is 0 Å². The number of carbonyl (C=O) groups excluding carboxylic acids is 2. The largest absolute Gasteiger partial charge is 0.550 e. The van der Waals surface area contributed by atoms with Crippen molar-refractivity contribution in [3.63, 3.8) is 0 Å². The number of carbonyl (C=O) groups is 2. The number of nitrogens with one attached hydrogen (secondary N) is 1. The number of rotatable bonds is 3. The summed E-state index contributed by atoms with van der Waals surface area (Å²) in [5, 5.41) is 16.2. The van der Waals surface area contributed by atoms with Gasteiger partial charge in [-0.1, -0.05) is 49.2 Å². The Labute approximate surface area is 129 Å². The molecule has 1 saturated carbocycles. The van der Waals surface area contributed by atoms with Crippen LogP contribution >= 0.6 is 0 Å². The number of hydrogen-bond donors (Lipinski definition) is 1. The van der Waals surface area contributed by atoms with Crippen molar-refractivity contribution in [2.75, 3.05) is 5.32 Å². The predicted molar refractivity (Wildman–Crippen MR) is 83.0 cm³/mol. The van der Waals surface area contributed by atoms with Gasteiger partial charge in [0.15, 0.2) is 0 Å². The van der Waals surface area contributed by atoms with Crippen LogP contribution in [0.1, 0.15) is 25.7 Å². The van der Waals surface area contributed by atoms with Crippen LogP contribution in [0, 0.1) is 11.8 Å². The lowest BCUT2D eigenvalue weighted by molar-refractivity contribution is -0.313. The zero-order valence-corrected chi connectivity index (χ0v) is 12.2. The molecule has 2 atom stereocenters. The second-order valence-electron chi connectivity index (χ2n) is 5.83. The Bertz CT molecular complexity index is 705. The minimum absolute atomic E-state index is 0.217. The molecule has 0 bridgehead atoms. The van der Waals surface area contributed by atoms with Crippen LogP contribution in [0.3, 0.4) is 0 Å². The Kier molecular flexibility index (Phi) is 4.09. The van der Waals surface area contributed by atoms with Gasteiger partial charge >= 0.3 is 0 Å². The van der Waals surface area contributed by atoms with Gasteiger partial charge < -0.3 is 15.2 Å². The quantitative estimate of drug-likeness (QED) is 0.945. The molecular formula is C18H18NO3-. The summed E-state index contributed by atoms with van der Waals surface area (Å²) in [5.74, 6) is -2.51. The molecule has 0 saturated heterocycles. The molecule has 1 aliphatic carbocycles. The molecule has 1 amide bonds. The summed E-state index contributed by atoms with van der Waals surface area (Å²) in [6.45, 7) is 0. The molecule has 0 aromatic heterocycles. The molecule has 114 valence electrons. The van der Waals surface area contributed by atoms with Crippen LogP contribution in [-0.2, 0) is 9.59 Å². The van der Waals surface area contributed by atoms with Gasteiger partial charge in [0.1, 0.15) is 0 Å². The van der Waals surface area contributed by atoms with E-state index in [-0.39, 0.29) is 5.91 Å². The summed E-state index contributed by atoms with van der Waals surface area (Å²) < 4.78 is 0. The zero-order valence-electron chi connectivity index (χ0n) is 12.2. The Hall–Kier alpha value is -2.36. The second-order valence-corrected chi connectivity index (χ2v) is 5.83. The van der Waals surface area contributed by atoms with Crippen molar-refractivity contribution in [2.24, 2.45) is 11.8 Å². The fourth-order valence-electron chi connectivity index (χ4n) is 3.29. The minimum atomic E-state index is -1.11. The Morgan fingerprint density at radius 3 is 2.41 bits per heavy atom. The number of hydrogen-bond acceptors (Lipinski definition) is 3. The third-order valence-corrected chi connectivity index (χ3v) is 4.45. The van der Waals surface area contributed by atoms with E-state index in [1.807, 2.05) is 42.5 Å². The van der Waals surface area contributed by atoms with Crippen molar-refractivity contribution in [1.82, 2.24) is 0 Å². The number of carboxylic acids is 1. The van der Waals surface area contributed by atoms with E-state index in [0.29, 0.717) is 12.8 Å². The van der Waals surface area contributed by atoms with Crippen molar-refractivity contribution in [1.29, 1.82) is 0 Å². The third kappa shape index (κ3) is 2.82. The first kappa shape index (κ1) is 14.6. The Balaban J connectivity index is 1.85. The van der Waals surface area contributed by atoms with Crippen molar-refractivity contribution >= 4 is 28.3 Å². The second kappa shape index (κ2) is 6.18. The van der Waals surface area contributed by atoms with Gasteiger partial charge in [0, 0.05) is 28.9 Å². The standard InChI is InChI=1S/C18H19NO3/c20-17(14-9-3-4-10-15(14)18(21)22)19-16-11-5-7-12-6-1-2-8-13(12)16/h1-2,5-8,11,14-15H,3-4,9-10H2,(H,19,20)(H,21,22)/p-1/t14-,15+/m1/s1. The highest BCUT2D eigenvalue weighted by atomic mass is 16.4. The summed E-state index contributed by atoms with van der Waals surface area (Å²) in [4.78, 5) is 23.8. The lowest BCUT2D eigenvalue weighted by Crippen LogP contribution is -2.42. The van der Waals surface area contributed by atoms with Crippen LogP contribution in [-0.4, -0.2) is 11.9 Å². The highest BCUT2D eigenvalue weighted by molar-refractivity contribution is 6.03. The van der Waals surface area contributed by atoms with E-state index in [1.165, 1.54) is 0 Å². The zero-order chi connectivity index (χ0) is 15.5. The lowest BCUT2D eigenvalue weighted by Gasteiger charge is -2.31. The third-order valence-electron chi connectivity index (χ3n) is 4.45. The maximum Gasteiger partial charge on any atom is 0.228 e. The van der Waals surface area contributed by atoms with Gasteiger partial charge in [0.2, 0.25) is 5.91 Å². The summed E-state index contributed by atoms with van der Waals surface area (Å²) in [6, 6.07) is 13.5. The van der Waals surface area contributed by atoms with Crippen LogP contribution in [0.2, 0.25) is 0 Å². The average Bonchev–Trinajstić information content (AvgIpc) is 2.55. The Morgan fingerprint density at radius 1 is 0.955 bits per heavy atom. The van der Waals surface area contributed by atoms with Crippen LogP contribution < -0.4 is 10.4 Å². The summed E-state index contributed by atoms with van der Waals surface area (Å²) in [7, 11) is 0. The van der Waals surface area contributed by atoms with Crippen LogP contribution in [0.5, 0.6) is 0 Å². The topological polar surface area (TPSA) is 69.2 Å². The van der Waals surface area contributed by atoms with Crippen molar-refractivity contribution in [3.05, 3.63) is 42.5 Å². The van der Waals surface area contributed by atoms with Crippen LogP contribution in [0.15, 0.2) is 42.5 Å². The molecule has 0 spiro atoms. The van der Waals surface area contributed by atoms with Gasteiger partial charge in [-0.3, -0.25) is 4.79 Å². The number of anilines is 1. The number of carboxylic acid groups (broad SMARTS) is 1. The molecule has 0 unspecified atom stereocenters. The molecule has 1 aliphatic rings. The summed E-state index contributed by atoms with van der Waals surface area (Å²) >= 11 is 0. The van der Waals surface area contributed by atoms with Crippen molar-refractivity contribution in [2.45, 2.75) is 25.7 Å². The molecular weight excluding hydrogens is 278 g/mol. The van der Waals surface area contributed by atoms with Crippen LogP contribution in [0.4, 0.5) is 5.69 Å². The van der Waals surface area contributed by atoms with Crippen LogP contribution in [0.25, 0.3) is 10.8 Å². The van der Waals surface area contributed by atoms with Gasteiger partial charge in [-0.05, 0) is 24.3 Å². The molecule has 0 heterocycles. The first-order chi connectivity index (χ1) is 10.7. The molecule has 1 N–H and O–H groups in total. The first-order valence-electron chi connectivity index (χ1n) is 7.66. The van der Waals surface area contributed by atoms with E-state index in [2.05, 4.69) is 5.32 Å².